The molecule has 0 aliphatic carbocycles. The van der Waals surface area contributed by atoms with E-state index in [1.54, 1.807) is 12.1 Å². The lowest BCUT2D eigenvalue weighted by Crippen LogP contribution is -2.16. The molecule has 0 radical (unpaired) electrons. The van der Waals surface area contributed by atoms with Gasteiger partial charge in [-0.3, -0.25) is 0 Å². The molecule has 0 amide bonds. The van der Waals surface area contributed by atoms with Gasteiger partial charge in [-0.05, 0) is 36.8 Å². The summed E-state index contributed by atoms with van der Waals surface area (Å²) in [6.07, 6.45) is 1.41. The molecular formula is C16H17ClN2O2S. The van der Waals surface area contributed by atoms with E-state index < -0.39 is 6.10 Å². The molecule has 0 saturated heterocycles. The van der Waals surface area contributed by atoms with Gasteiger partial charge in [0.1, 0.15) is 5.82 Å². The smallest absolute Gasteiger partial charge is 0.262 e. The van der Waals surface area contributed by atoms with Crippen molar-refractivity contribution in [3.8, 4) is 0 Å². The number of thiocarbonyl (C=S) groups is 1. The minimum atomic E-state index is -0.573. The fourth-order valence-corrected chi connectivity index (χ4v) is 2.20. The molecule has 1 atom stereocenters. The summed E-state index contributed by atoms with van der Waals surface area (Å²) in [6, 6.07) is 11.2. The maximum atomic E-state index is 10.1. The van der Waals surface area contributed by atoms with Gasteiger partial charge < -0.3 is 15.2 Å². The topological polar surface area (TPSA) is 54.4 Å². The van der Waals surface area contributed by atoms with Crippen LogP contribution >= 0.6 is 23.8 Å². The molecular weight excluding hydrogens is 320 g/mol. The summed E-state index contributed by atoms with van der Waals surface area (Å²) in [7, 11) is 0. The molecule has 116 valence electrons. The number of aryl methyl sites for hydroxylation is 1. The molecule has 0 fully saturated rings. The van der Waals surface area contributed by atoms with Crippen molar-refractivity contribution in [2.45, 2.75) is 19.4 Å². The molecule has 6 heteroatoms. The Labute approximate surface area is 140 Å². The molecule has 0 aliphatic rings. The third-order valence-corrected chi connectivity index (χ3v) is 3.45. The van der Waals surface area contributed by atoms with Crippen LogP contribution in [0.2, 0.25) is 5.02 Å². The number of aliphatic hydroxyl groups is 1. The van der Waals surface area contributed by atoms with Crippen molar-refractivity contribution in [1.29, 1.82) is 0 Å². The summed E-state index contributed by atoms with van der Waals surface area (Å²) in [4.78, 5) is 4.06. The van der Waals surface area contributed by atoms with E-state index in [2.05, 4.69) is 10.3 Å². The number of hydrogen-bond donors (Lipinski definition) is 2. The molecule has 1 heterocycles. The second kappa shape index (κ2) is 8.08. The highest BCUT2D eigenvalue weighted by Crippen LogP contribution is 2.17. The molecule has 1 aromatic heterocycles. The van der Waals surface area contributed by atoms with E-state index in [0.717, 1.165) is 11.1 Å². The van der Waals surface area contributed by atoms with Crippen LogP contribution in [0, 0.1) is 6.92 Å². The summed E-state index contributed by atoms with van der Waals surface area (Å²) < 4.78 is 5.39. The van der Waals surface area contributed by atoms with Crippen LogP contribution in [0.25, 0.3) is 0 Å². The molecule has 1 unspecified atom stereocenters. The van der Waals surface area contributed by atoms with E-state index >= 15 is 0 Å². The number of hydrogen-bond acceptors (Lipinski definition) is 4. The maximum Gasteiger partial charge on any atom is 0.262 e. The number of halogens is 1. The second-order valence-corrected chi connectivity index (χ2v) is 5.65. The maximum absolute atomic E-state index is 10.1. The lowest BCUT2D eigenvalue weighted by molar-refractivity contribution is 0.139. The van der Waals surface area contributed by atoms with Gasteiger partial charge in [0.25, 0.3) is 5.17 Å². The fraction of sp³-hybridized carbons (Fsp3) is 0.250. The van der Waals surface area contributed by atoms with E-state index in [-0.39, 0.29) is 5.17 Å². The number of nitrogens with zero attached hydrogens (tertiary/aromatic N) is 1. The molecule has 0 spiro atoms. The summed E-state index contributed by atoms with van der Waals surface area (Å²) in [5.41, 5.74) is 1.99. The Hall–Kier alpha value is -1.69. The molecule has 2 aromatic rings. The molecule has 2 N–H and O–H groups in total. The molecule has 2 rings (SSSR count). The van der Waals surface area contributed by atoms with Crippen LogP contribution in [0.4, 0.5) is 5.82 Å². The van der Waals surface area contributed by atoms with Gasteiger partial charge in [0.05, 0.1) is 17.7 Å². The monoisotopic (exact) mass is 336 g/mol. The first-order valence-corrected chi connectivity index (χ1v) is 7.63. The Morgan fingerprint density at radius 2 is 2.23 bits per heavy atom. The van der Waals surface area contributed by atoms with Crippen LogP contribution < -0.4 is 5.32 Å². The lowest BCUT2D eigenvalue weighted by Gasteiger charge is -2.13. The van der Waals surface area contributed by atoms with Gasteiger partial charge in [-0.15, -0.1) is 0 Å². The van der Waals surface area contributed by atoms with Crippen LogP contribution in [0.1, 0.15) is 23.7 Å². The van der Waals surface area contributed by atoms with E-state index in [9.17, 15) is 5.11 Å². The van der Waals surface area contributed by atoms with Crippen LogP contribution in [0.3, 0.4) is 0 Å². The first kappa shape index (κ1) is 16.7. The van der Waals surface area contributed by atoms with Crippen molar-refractivity contribution in [3.63, 3.8) is 0 Å². The van der Waals surface area contributed by atoms with Crippen LogP contribution in [0.15, 0.2) is 42.6 Å². The highest BCUT2D eigenvalue weighted by atomic mass is 35.5. The Morgan fingerprint density at radius 3 is 2.91 bits per heavy atom. The van der Waals surface area contributed by atoms with Gasteiger partial charge in [0.15, 0.2) is 0 Å². The Bertz CT molecular complexity index is 634. The average molecular weight is 337 g/mol. The van der Waals surface area contributed by atoms with E-state index in [4.69, 9.17) is 28.6 Å². The van der Waals surface area contributed by atoms with Gasteiger partial charge in [0, 0.05) is 12.6 Å². The average Bonchev–Trinajstić information content (AvgIpc) is 2.49. The van der Waals surface area contributed by atoms with Crippen molar-refractivity contribution in [2.75, 3.05) is 11.9 Å². The summed E-state index contributed by atoms with van der Waals surface area (Å²) in [5.74, 6) is 0.564. The highest BCUT2D eigenvalue weighted by Gasteiger charge is 2.08. The third kappa shape index (κ3) is 5.26. The number of nitrogens with one attached hydrogen (secondary N) is 1. The number of anilines is 1. The SMILES string of the molecule is Cc1cccc(C(O)CCOC(=S)Nc2ccc(Cl)cn2)c1. The number of ether oxygens (including phenoxy) is 1. The lowest BCUT2D eigenvalue weighted by atomic mass is 10.0. The van der Waals surface area contributed by atoms with Gasteiger partial charge >= 0.3 is 0 Å². The summed E-state index contributed by atoms with van der Waals surface area (Å²) >= 11 is 10.8. The van der Waals surface area contributed by atoms with Crippen LogP contribution in [0.5, 0.6) is 0 Å². The standard InChI is InChI=1S/C16H17ClN2O2S/c1-11-3-2-4-12(9-11)14(20)7-8-21-16(22)19-15-6-5-13(17)10-18-15/h2-6,9-10,14,20H,7-8H2,1H3,(H,18,19,22). The zero-order chi connectivity index (χ0) is 15.9. The minimum absolute atomic E-state index is 0.214. The molecule has 0 aliphatic heterocycles. The number of benzene rings is 1. The second-order valence-electron chi connectivity index (χ2n) is 4.84. The quantitative estimate of drug-likeness (QED) is 0.811. The first-order valence-electron chi connectivity index (χ1n) is 6.84. The minimum Gasteiger partial charge on any atom is -0.471 e. The van der Waals surface area contributed by atoms with Crippen molar-refractivity contribution >= 4 is 34.8 Å². The molecule has 1 aromatic carbocycles. The van der Waals surface area contributed by atoms with Crippen LogP contribution in [-0.4, -0.2) is 21.9 Å². The normalized spacial score (nSPS) is 11.8. The number of rotatable bonds is 5. The van der Waals surface area contributed by atoms with Crippen molar-refractivity contribution < 1.29 is 9.84 Å². The Morgan fingerprint density at radius 1 is 1.41 bits per heavy atom. The Balaban J connectivity index is 1.76. The fourth-order valence-electron chi connectivity index (χ4n) is 1.90. The predicted molar refractivity (Wildman–Crippen MR) is 92.2 cm³/mol. The predicted octanol–water partition coefficient (Wildman–Crippen LogP) is 3.88. The number of aliphatic hydroxyl groups excluding tert-OH is 1. The molecule has 0 bridgehead atoms. The van der Waals surface area contributed by atoms with Gasteiger partial charge in [-0.25, -0.2) is 4.98 Å². The summed E-state index contributed by atoms with van der Waals surface area (Å²) in [6.45, 7) is 2.30. The Kier molecular flexibility index (Phi) is 6.12. The zero-order valence-electron chi connectivity index (χ0n) is 12.1. The van der Waals surface area contributed by atoms with E-state index in [0.29, 0.717) is 23.9 Å². The highest BCUT2D eigenvalue weighted by molar-refractivity contribution is 7.80. The first-order chi connectivity index (χ1) is 10.5. The zero-order valence-corrected chi connectivity index (χ0v) is 13.7. The van der Waals surface area contributed by atoms with Crippen molar-refractivity contribution in [1.82, 2.24) is 4.98 Å². The van der Waals surface area contributed by atoms with E-state index in [1.165, 1.54) is 6.20 Å². The van der Waals surface area contributed by atoms with Gasteiger partial charge in [-0.2, -0.15) is 0 Å². The largest absolute Gasteiger partial charge is 0.471 e. The van der Waals surface area contributed by atoms with E-state index in [1.807, 2.05) is 31.2 Å². The number of aromatic nitrogens is 1. The molecule has 22 heavy (non-hydrogen) atoms. The van der Waals surface area contributed by atoms with Crippen molar-refractivity contribution in [2.24, 2.45) is 0 Å². The molecule has 0 saturated carbocycles. The van der Waals surface area contributed by atoms with Gasteiger partial charge in [-0.1, -0.05) is 41.4 Å². The van der Waals surface area contributed by atoms with Gasteiger partial charge in [0.2, 0.25) is 0 Å². The van der Waals surface area contributed by atoms with Crippen molar-refractivity contribution in [3.05, 3.63) is 58.7 Å². The summed E-state index contributed by atoms with van der Waals surface area (Å²) in [5, 5.41) is 13.7. The molecule has 4 nitrogen and oxygen atoms in total. The number of pyridine rings is 1. The van der Waals surface area contributed by atoms with Crippen LogP contribution in [-0.2, 0) is 4.74 Å². The third-order valence-electron chi connectivity index (χ3n) is 3.01.